The van der Waals surface area contributed by atoms with Crippen LogP contribution in [0.25, 0.3) is 0 Å². The largest absolute Gasteiger partial charge is 0.269 e. The second-order valence-corrected chi connectivity index (χ2v) is 3.38. The minimum absolute atomic E-state index is 0.586. The van der Waals surface area contributed by atoms with Gasteiger partial charge in [0.1, 0.15) is 0 Å². The van der Waals surface area contributed by atoms with Gasteiger partial charge in [0.25, 0.3) is 0 Å². The quantitative estimate of drug-likeness (QED) is 0.675. The molecule has 2 nitrogen and oxygen atoms in total. The van der Waals surface area contributed by atoms with Gasteiger partial charge in [-0.25, -0.2) is 0 Å². The molecule has 0 spiro atoms. The molecule has 0 N–H and O–H groups in total. The molecule has 0 aliphatic heterocycles. The van der Waals surface area contributed by atoms with Crippen molar-refractivity contribution < 1.29 is 0 Å². The molecule has 1 heterocycles. The Bertz CT molecular complexity index is 227. The van der Waals surface area contributed by atoms with Crippen LogP contribution in [-0.4, -0.2) is 9.78 Å². The Balaban J connectivity index is 3.07. The maximum Gasteiger partial charge on any atom is 0.0524 e. The molecule has 68 valence electrons. The third-order valence-electron chi connectivity index (χ3n) is 2.19. The summed E-state index contributed by atoms with van der Waals surface area (Å²) in [5, 5.41) is 4.34. The topological polar surface area (TPSA) is 17.8 Å². The number of rotatable bonds is 3. The molecule has 0 atom stereocenters. The standard InChI is InChI=1S/C10H18N2/c1-5-9-7-11-12(6-2)10(9)8(3)4/h7-8H,5-6H2,1-4H3. The third kappa shape index (κ3) is 1.52. The summed E-state index contributed by atoms with van der Waals surface area (Å²) < 4.78 is 2.10. The van der Waals surface area contributed by atoms with E-state index in [0.717, 1.165) is 13.0 Å². The number of hydrogen-bond acceptors (Lipinski definition) is 1. The maximum atomic E-state index is 4.34. The van der Waals surface area contributed by atoms with Gasteiger partial charge in [-0.2, -0.15) is 5.10 Å². The lowest BCUT2D eigenvalue weighted by Crippen LogP contribution is -2.05. The predicted molar refractivity (Wildman–Crippen MR) is 51.4 cm³/mol. The molecule has 0 saturated carbocycles. The van der Waals surface area contributed by atoms with Gasteiger partial charge in [-0.05, 0) is 24.8 Å². The van der Waals surface area contributed by atoms with Crippen molar-refractivity contribution in [2.45, 2.75) is 46.6 Å². The zero-order valence-corrected chi connectivity index (χ0v) is 8.46. The van der Waals surface area contributed by atoms with Crippen LogP contribution < -0.4 is 0 Å². The van der Waals surface area contributed by atoms with Crippen molar-refractivity contribution in [2.24, 2.45) is 0 Å². The molecule has 1 rings (SSSR count). The Morgan fingerprint density at radius 3 is 2.50 bits per heavy atom. The normalized spacial score (nSPS) is 11.1. The summed E-state index contributed by atoms with van der Waals surface area (Å²) in [6.07, 6.45) is 3.09. The van der Waals surface area contributed by atoms with Crippen LogP contribution in [-0.2, 0) is 13.0 Å². The fraction of sp³-hybridized carbons (Fsp3) is 0.700. The van der Waals surface area contributed by atoms with Gasteiger partial charge >= 0.3 is 0 Å². The minimum atomic E-state index is 0.586. The van der Waals surface area contributed by atoms with E-state index in [9.17, 15) is 0 Å². The van der Waals surface area contributed by atoms with Crippen LogP contribution in [0.1, 0.15) is 44.9 Å². The molecule has 0 bridgehead atoms. The van der Waals surface area contributed by atoms with Crippen molar-refractivity contribution >= 4 is 0 Å². The summed E-state index contributed by atoms with van der Waals surface area (Å²) in [7, 11) is 0. The van der Waals surface area contributed by atoms with Gasteiger partial charge in [-0.3, -0.25) is 4.68 Å². The summed E-state index contributed by atoms with van der Waals surface area (Å²) in [4.78, 5) is 0. The Labute approximate surface area is 74.6 Å². The molecule has 0 aliphatic rings. The average molecular weight is 166 g/mol. The molecular formula is C10H18N2. The van der Waals surface area contributed by atoms with Crippen molar-refractivity contribution in [3.8, 4) is 0 Å². The van der Waals surface area contributed by atoms with E-state index in [4.69, 9.17) is 0 Å². The molecule has 0 amide bonds. The van der Waals surface area contributed by atoms with Crippen molar-refractivity contribution in [3.63, 3.8) is 0 Å². The predicted octanol–water partition coefficient (Wildman–Crippen LogP) is 2.59. The summed E-state index contributed by atoms with van der Waals surface area (Å²) >= 11 is 0. The highest BCUT2D eigenvalue weighted by atomic mass is 15.3. The van der Waals surface area contributed by atoms with E-state index in [2.05, 4.69) is 37.5 Å². The molecule has 1 aromatic rings. The smallest absolute Gasteiger partial charge is 0.0524 e. The van der Waals surface area contributed by atoms with Crippen LogP contribution >= 0.6 is 0 Å². The van der Waals surface area contributed by atoms with Crippen LogP contribution in [0.3, 0.4) is 0 Å². The van der Waals surface area contributed by atoms with Gasteiger partial charge in [0.05, 0.1) is 6.20 Å². The van der Waals surface area contributed by atoms with Crippen molar-refractivity contribution in [3.05, 3.63) is 17.5 Å². The SMILES string of the molecule is CCc1cnn(CC)c1C(C)C. The molecule has 0 unspecified atom stereocenters. The first-order valence-electron chi connectivity index (χ1n) is 4.75. The van der Waals surface area contributed by atoms with E-state index in [1.165, 1.54) is 11.3 Å². The van der Waals surface area contributed by atoms with Crippen molar-refractivity contribution in [1.29, 1.82) is 0 Å². The maximum absolute atomic E-state index is 4.34. The number of aryl methyl sites for hydroxylation is 2. The lowest BCUT2D eigenvalue weighted by molar-refractivity contribution is 0.595. The Kier molecular flexibility index (Phi) is 2.90. The highest BCUT2D eigenvalue weighted by Crippen LogP contribution is 2.19. The van der Waals surface area contributed by atoms with Crippen LogP contribution in [0.15, 0.2) is 6.20 Å². The van der Waals surface area contributed by atoms with Crippen molar-refractivity contribution in [2.75, 3.05) is 0 Å². The fourth-order valence-electron chi connectivity index (χ4n) is 1.63. The first-order chi connectivity index (χ1) is 5.70. The summed E-state index contributed by atoms with van der Waals surface area (Å²) in [6, 6.07) is 0. The molecule has 0 radical (unpaired) electrons. The molecule has 0 saturated heterocycles. The summed E-state index contributed by atoms with van der Waals surface area (Å²) in [5.41, 5.74) is 2.80. The van der Waals surface area contributed by atoms with Crippen LogP contribution in [0, 0.1) is 0 Å². The van der Waals surface area contributed by atoms with Gasteiger partial charge in [-0.15, -0.1) is 0 Å². The van der Waals surface area contributed by atoms with Gasteiger partial charge in [0, 0.05) is 12.2 Å². The van der Waals surface area contributed by atoms with E-state index in [1.54, 1.807) is 0 Å². The van der Waals surface area contributed by atoms with E-state index in [1.807, 2.05) is 6.20 Å². The Morgan fingerprint density at radius 2 is 2.08 bits per heavy atom. The van der Waals surface area contributed by atoms with Gasteiger partial charge in [0.2, 0.25) is 0 Å². The molecular weight excluding hydrogens is 148 g/mol. The fourth-order valence-corrected chi connectivity index (χ4v) is 1.63. The lowest BCUT2D eigenvalue weighted by Gasteiger charge is -2.09. The average Bonchev–Trinajstić information content (AvgIpc) is 2.46. The molecule has 0 aliphatic carbocycles. The molecule has 2 heteroatoms. The van der Waals surface area contributed by atoms with E-state index < -0.39 is 0 Å². The lowest BCUT2D eigenvalue weighted by atomic mass is 10.0. The van der Waals surface area contributed by atoms with Gasteiger partial charge in [-0.1, -0.05) is 20.8 Å². The minimum Gasteiger partial charge on any atom is -0.269 e. The molecule has 12 heavy (non-hydrogen) atoms. The second kappa shape index (κ2) is 3.74. The zero-order valence-electron chi connectivity index (χ0n) is 8.46. The summed E-state index contributed by atoms with van der Waals surface area (Å²) in [6.45, 7) is 9.75. The molecule has 0 fully saturated rings. The highest BCUT2D eigenvalue weighted by Gasteiger charge is 2.10. The first kappa shape index (κ1) is 9.30. The van der Waals surface area contributed by atoms with Crippen LogP contribution in [0.5, 0.6) is 0 Å². The molecule has 0 aromatic carbocycles. The van der Waals surface area contributed by atoms with E-state index in [-0.39, 0.29) is 0 Å². The van der Waals surface area contributed by atoms with E-state index >= 15 is 0 Å². The summed E-state index contributed by atoms with van der Waals surface area (Å²) in [5.74, 6) is 0.586. The van der Waals surface area contributed by atoms with Crippen molar-refractivity contribution in [1.82, 2.24) is 9.78 Å². The van der Waals surface area contributed by atoms with Gasteiger partial charge < -0.3 is 0 Å². The number of hydrogen-bond donors (Lipinski definition) is 0. The first-order valence-corrected chi connectivity index (χ1v) is 4.75. The Morgan fingerprint density at radius 1 is 1.42 bits per heavy atom. The molecule has 1 aromatic heterocycles. The monoisotopic (exact) mass is 166 g/mol. The van der Waals surface area contributed by atoms with E-state index in [0.29, 0.717) is 5.92 Å². The Hall–Kier alpha value is -0.790. The third-order valence-corrected chi connectivity index (χ3v) is 2.19. The van der Waals surface area contributed by atoms with Crippen LogP contribution in [0.2, 0.25) is 0 Å². The highest BCUT2D eigenvalue weighted by molar-refractivity contribution is 5.20. The van der Waals surface area contributed by atoms with Crippen LogP contribution in [0.4, 0.5) is 0 Å². The second-order valence-electron chi connectivity index (χ2n) is 3.38. The van der Waals surface area contributed by atoms with Gasteiger partial charge in [0.15, 0.2) is 0 Å². The zero-order chi connectivity index (χ0) is 9.14. The number of nitrogens with zero attached hydrogens (tertiary/aromatic N) is 2. The number of aromatic nitrogens is 2.